The van der Waals surface area contributed by atoms with Gasteiger partial charge in [0.15, 0.2) is 11.3 Å². The largest absolute Gasteiger partial charge is 0.451 e. The Bertz CT molecular complexity index is 830. The molecule has 21 heavy (non-hydrogen) atoms. The number of ketones is 1. The molecule has 0 unspecified atom stereocenters. The fraction of sp³-hybridized carbons (Fsp3) is 0.167. The topological polar surface area (TPSA) is 30.2 Å². The molecule has 0 N–H and O–H groups in total. The maximum absolute atomic E-state index is 12.4. The smallest absolute Gasteiger partial charge is 0.202 e. The number of furan rings is 1. The summed E-state index contributed by atoms with van der Waals surface area (Å²) in [5, 5.41) is 1.38. The second-order valence-electron chi connectivity index (χ2n) is 5.30. The molecule has 3 rings (SSSR count). The highest BCUT2D eigenvalue weighted by atomic mass is 35.5. The zero-order valence-electron chi connectivity index (χ0n) is 11.9. The molecule has 1 aromatic heterocycles. The van der Waals surface area contributed by atoms with Gasteiger partial charge in [-0.05, 0) is 37.1 Å². The number of benzene rings is 2. The van der Waals surface area contributed by atoms with Crippen molar-refractivity contribution in [3.8, 4) is 0 Å². The monoisotopic (exact) mass is 298 g/mol. The van der Waals surface area contributed by atoms with E-state index in [0.717, 1.165) is 22.1 Å². The molecule has 0 aliphatic carbocycles. The number of hydrogen-bond donors (Lipinski definition) is 0. The Kier molecular flexibility index (Phi) is 3.56. The van der Waals surface area contributed by atoms with Crippen LogP contribution in [0.5, 0.6) is 0 Å². The van der Waals surface area contributed by atoms with Crippen molar-refractivity contribution in [3.05, 3.63) is 69.9 Å². The average molecular weight is 299 g/mol. The van der Waals surface area contributed by atoms with E-state index in [0.29, 0.717) is 22.8 Å². The number of carbonyl (C=O) groups is 1. The van der Waals surface area contributed by atoms with Crippen LogP contribution in [0.1, 0.15) is 27.2 Å². The van der Waals surface area contributed by atoms with Crippen molar-refractivity contribution in [3.63, 3.8) is 0 Å². The molecule has 0 radical (unpaired) electrons. The molecule has 2 aromatic carbocycles. The Hall–Kier alpha value is -2.06. The van der Waals surface area contributed by atoms with Crippen molar-refractivity contribution in [2.45, 2.75) is 20.3 Å². The Morgan fingerprint density at radius 3 is 2.71 bits per heavy atom. The van der Waals surface area contributed by atoms with E-state index in [1.54, 1.807) is 12.1 Å². The summed E-state index contributed by atoms with van der Waals surface area (Å²) in [6.07, 6.45) is 0.338. The third kappa shape index (κ3) is 2.72. The molecule has 0 amide bonds. The van der Waals surface area contributed by atoms with Crippen LogP contribution in [0.3, 0.4) is 0 Å². The summed E-state index contributed by atoms with van der Waals surface area (Å²) in [7, 11) is 0. The summed E-state index contributed by atoms with van der Waals surface area (Å²) in [4.78, 5) is 12.4. The van der Waals surface area contributed by atoms with Crippen LogP contribution in [-0.4, -0.2) is 5.78 Å². The van der Waals surface area contributed by atoms with Crippen molar-refractivity contribution < 1.29 is 9.21 Å². The van der Waals surface area contributed by atoms with Gasteiger partial charge in [0.25, 0.3) is 0 Å². The van der Waals surface area contributed by atoms with Crippen LogP contribution in [0.2, 0.25) is 5.02 Å². The van der Waals surface area contributed by atoms with Crippen molar-refractivity contribution in [1.82, 2.24) is 0 Å². The normalized spacial score (nSPS) is 11.0. The lowest BCUT2D eigenvalue weighted by Gasteiger charge is -2.05. The van der Waals surface area contributed by atoms with E-state index in [1.807, 2.05) is 44.2 Å². The fourth-order valence-corrected chi connectivity index (χ4v) is 2.64. The summed E-state index contributed by atoms with van der Waals surface area (Å²) >= 11 is 6.08. The molecule has 3 aromatic rings. The third-order valence-electron chi connectivity index (χ3n) is 3.63. The first-order valence-electron chi connectivity index (χ1n) is 6.82. The van der Waals surface area contributed by atoms with Gasteiger partial charge in [0.2, 0.25) is 5.78 Å². The van der Waals surface area contributed by atoms with E-state index in [2.05, 4.69) is 0 Å². The molecule has 2 nitrogen and oxygen atoms in total. The van der Waals surface area contributed by atoms with Crippen LogP contribution in [0.4, 0.5) is 0 Å². The number of rotatable bonds is 3. The van der Waals surface area contributed by atoms with Gasteiger partial charge in [-0.3, -0.25) is 4.79 Å². The molecule has 0 fully saturated rings. The van der Waals surface area contributed by atoms with Crippen LogP contribution in [-0.2, 0) is 6.42 Å². The molecule has 0 spiro atoms. The second-order valence-corrected chi connectivity index (χ2v) is 5.71. The van der Waals surface area contributed by atoms with E-state index in [-0.39, 0.29) is 5.78 Å². The van der Waals surface area contributed by atoms with Gasteiger partial charge in [0.05, 0.1) is 5.02 Å². The molecule has 0 atom stereocenters. The van der Waals surface area contributed by atoms with Gasteiger partial charge >= 0.3 is 0 Å². The first-order valence-corrected chi connectivity index (χ1v) is 7.20. The summed E-state index contributed by atoms with van der Waals surface area (Å²) < 4.78 is 5.62. The molecule has 106 valence electrons. The summed E-state index contributed by atoms with van der Waals surface area (Å²) in [6.45, 7) is 4.03. The van der Waals surface area contributed by atoms with Gasteiger partial charge in [-0.1, -0.05) is 47.5 Å². The molecule has 0 saturated carbocycles. The van der Waals surface area contributed by atoms with Gasteiger partial charge in [-0.15, -0.1) is 0 Å². The number of aryl methyl sites for hydroxylation is 2. The number of carbonyl (C=O) groups excluding carboxylic acids is 1. The maximum atomic E-state index is 12.4. The molecular formula is C18H15ClO2. The first-order chi connectivity index (χ1) is 10.0. The standard InChI is InChI=1S/C18H15ClO2/c1-11-6-7-12(2)14(8-11)9-16(20)17-10-13-4-3-5-15(19)18(13)21-17/h3-8,10H,9H2,1-2H3. The fourth-order valence-electron chi connectivity index (χ4n) is 2.42. The SMILES string of the molecule is Cc1ccc(C)c(CC(=O)c2cc3cccc(Cl)c3o2)c1. The predicted molar refractivity (Wildman–Crippen MR) is 85.2 cm³/mol. The van der Waals surface area contributed by atoms with Gasteiger partial charge in [0, 0.05) is 11.8 Å². The zero-order valence-corrected chi connectivity index (χ0v) is 12.7. The minimum Gasteiger partial charge on any atom is -0.451 e. The van der Waals surface area contributed by atoms with Crippen molar-refractivity contribution in [1.29, 1.82) is 0 Å². The van der Waals surface area contributed by atoms with Crippen molar-refractivity contribution in [2.24, 2.45) is 0 Å². The maximum Gasteiger partial charge on any atom is 0.202 e. The number of para-hydroxylation sites is 1. The lowest BCUT2D eigenvalue weighted by atomic mass is 10.00. The molecule has 1 heterocycles. The minimum absolute atomic E-state index is 0.0315. The van der Waals surface area contributed by atoms with Crippen LogP contribution in [0, 0.1) is 13.8 Å². The lowest BCUT2D eigenvalue weighted by Crippen LogP contribution is -2.03. The molecule has 0 aliphatic heterocycles. The van der Waals surface area contributed by atoms with E-state index in [9.17, 15) is 4.79 Å². The highest BCUT2D eigenvalue weighted by Crippen LogP contribution is 2.27. The zero-order chi connectivity index (χ0) is 15.0. The third-order valence-corrected chi connectivity index (χ3v) is 3.92. The summed E-state index contributed by atoms with van der Waals surface area (Å²) in [6, 6.07) is 13.4. The van der Waals surface area contributed by atoms with Crippen molar-refractivity contribution >= 4 is 28.4 Å². The van der Waals surface area contributed by atoms with E-state index < -0.39 is 0 Å². The van der Waals surface area contributed by atoms with Gasteiger partial charge < -0.3 is 4.42 Å². The van der Waals surface area contributed by atoms with E-state index in [1.165, 1.54) is 0 Å². The van der Waals surface area contributed by atoms with E-state index >= 15 is 0 Å². The number of hydrogen-bond acceptors (Lipinski definition) is 2. The minimum atomic E-state index is -0.0315. The van der Waals surface area contributed by atoms with Crippen molar-refractivity contribution in [2.75, 3.05) is 0 Å². The Labute approximate surface area is 128 Å². The molecule has 0 saturated heterocycles. The van der Waals surface area contributed by atoms with Crippen LogP contribution in [0.25, 0.3) is 11.0 Å². The lowest BCUT2D eigenvalue weighted by molar-refractivity contribution is 0.0968. The predicted octanol–water partition coefficient (Wildman–Crippen LogP) is 5.13. The van der Waals surface area contributed by atoms with Crippen LogP contribution < -0.4 is 0 Å². The quantitative estimate of drug-likeness (QED) is 0.628. The number of halogens is 1. The highest BCUT2D eigenvalue weighted by Gasteiger charge is 2.15. The Morgan fingerprint density at radius 1 is 1.14 bits per heavy atom. The number of fused-ring (bicyclic) bond motifs is 1. The van der Waals surface area contributed by atoms with Gasteiger partial charge in [-0.25, -0.2) is 0 Å². The Morgan fingerprint density at radius 2 is 1.95 bits per heavy atom. The number of Topliss-reactive ketones (excluding diaryl/α,β-unsaturated/α-hetero) is 1. The summed E-state index contributed by atoms with van der Waals surface area (Å²) in [5.74, 6) is 0.329. The molecule has 0 aliphatic rings. The second kappa shape index (κ2) is 5.38. The first kappa shape index (κ1) is 13.9. The summed E-state index contributed by atoms with van der Waals surface area (Å²) in [5.41, 5.74) is 3.87. The van der Waals surface area contributed by atoms with Crippen LogP contribution in [0.15, 0.2) is 46.9 Å². The molecule has 3 heteroatoms. The van der Waals surface area contributed by atoms with Gasteiger partial charge in [-0.2, -0.15) is 0 Å². The Balaban J connectivity index is 1.93. The highest BCUT2D eigenvalue weighted by molar-refractivity contribution is 6.34. The van der Waals surface area contributed by atoms with Crippen LogP contribution >= 0.6 is 11.6 Å². The average Bonchev–Trinajstić information content (AvgIpc) is 2.88. The molecule has 0 bridgehead atoms. The van der Waals surface area contributed by atoms with Gasteiger partial charge in [0.1, 0.15) is 0 Å². The van der Waals surface area contributed by atoms with E-state index in [4.69, 9.17) is 16.0 Å². The molecular weight excluding hydrogens is 284 g/mol.